The number of nitrogens with one attached hydrogen (secondary N) is 1. The lowest BCUT2D eigenvalue weighted by atomic mass is 10.3. The van der Waals surface area contributed by atoms with Crippen LogP contribution in [0, 0.1) is 0 Å². The highest BCUT2D eigenvalue weighted by molar-refractivity contribution is 7.84. The topological polar surface area (TPSA) is 59.1 Å². The average molecular weight is 247 g/mol. The molecule has 1 atom stereocenters. The highest BCUT2D eigenvalue weighted by Gasteiger charge is 2.04. The SMILES string of the molecule is CS(=O)CCNC(=O)c1ccc(Cl)nc1. The van der Waals surface area contributed by atoms with Gasteiger partial charge in [0.15, 0.2) is 0 Å². The molecule has 1 N–H and O–H groups in total. The molecule has 1 unspecified atom stereocenters. The summed E-state index contributed by atoms with van der Waals surface area (Å²) in [5.74, 6) is 0.219. The zero-order valence-corrected chi connectivity index (χ0v) is 9.77. The van der Waals surface area contributed by atoms with E-state index in [2.05, 4.69) is 10.3 Å². The number of halogens is 1. The number of nitrogens with zero attached hydrogens (tertiary/aromatic N) is 1. The first-order valence-electron chi connectivity index (χ1n) is 4.29. The molecule has 0 radical (unpaired) electrons. The predicted octanol–water partition coefficient (Wildman–Crippen LogP) is 0.843. The van der Waals surface area contributed by atoms with Gasteiger partial charge in [-0.05, 0) is 12.1 Å². The van der Waals surface area contributed by atoms with Crippen molar-refractivity contribution in [3.8, 4) is 0 Å². The zero-order valence-electron chi connectivity index (χ0n) is 8.20. The summed E-state index contributed by atoms with van der Waals surface area (Å²) in [4.78, 5) is 15.2. The third-order valence-corrected chi connectivity index (χ3v) is 2.67. The van der Waals surface area contributed by atoms with Crippen LogP contribution in [0.4, 0.5) is 0 Å². The molecule has 0 aliphatic rings. The molecule has 4 nitrogen and oxygen atoms in total. The Kier molecular flexibility index (Phi) is 4.71. The fourth-order valence-corrected chi connectivity index (χ4v) is 1.42. The predicted molar refractivity (Wildman–Crippen MR) is 60.5 cm³/mol. The lowest BCUT2D eigenvalue weighted by Crippen LogP contribution is -2.27. The van der Waals surface area contributed by atoms with E-state index in [1.54, 1.807) is 18.4 Å². The molecule has 1 aromatic rings. The van der Waals surface area contributed by atoms with Crippen molar-refractivity contribution in [2.75, 3.05) is 18.6 Å². The first-order chi connectivity index (χ1) is 7.09. The monoisotopic (exact) mass is 246 g/mol. The minimum atomic E-state index is -0.894. The van der Waals surface area contributed by atoms with Crippen molar-refractivity contribution in [3.05, 3.63) is 29.0 Å². The quantitative estimate of drug-likeness (QED) is 0.801. The van der Waals surface area contributed by atoms with Gasteiger partial charge in [-0.1, -0.05) is 11.6 Å². The average Bonchev–Trinajstić information content (AvgIpc) is 2.18. The van der Waals surface area contributed by atoms with Crippen molar-refractivity contribution in [2.24, 2.45) is 0 Å². The molecule has 0 aromatic carbocycles. The molecule has 6 heteroatoms. The molecule has 0 saturated heterocycles. The van der Waals surface area contributed by atoms with Crippen LogP contribution in [0.15, 0.2) is 18.3 Å². The van der Waals surface area contributed by atoms with Crippen LogP contribution >= 0.6 is 11.6 Å². The Balaban J connectivity index is 2.47. The number of amides is 1. The molecule has 0 aliphatic carbocycles. The number of rotatable bonds is 4. The lowest BCUT2D eigenvalue weighted by molar-refractivity contribution is 0.0956. The second-order valence-corrected chi connectivity index (χ2v) is 4.84. The second kappa shape index (κ2) is 5.82. The Hall–Kier alpha value is -0.940. The molecule has 1 aromatic heterocycles. The van der Waals surface area contributed by atoms with E-state index in [1.807, 2.05) is 0 Å². The minimum Gasteiger partial charge on any atom is -0.351 e. The van der Waals surface area contributed by atoms with Gasteiger partial charge >= 0.3 is 0 Å². The van der Waals surface area contributed by atoms with Crippen LogP contribution in [-0.4, -0.2) is 33.7 Å². The molecule has 0 fully saturated rings. The highest BCUT2D eigenvalue weighted by Crippen LogP contribution is 2.04. The summed E-state index contributed by atoms with van der Waals surface area (Å²) in [5, 5.41) is 2.98. The molecule has 1 rings (SSSR count). The van der Waals surface area contributed by atoms with E-state index in [0.29, 0.717) is 23.0 Å². The van der Waals surface area contributed by atoms with Crippen molar-refractivity contribution in [2.45, 2.75) is 0 Å². The van der Waals surface area contributed by atoms with Crippen molar-refractivity contribution < 1.29 is 9.00 Å². The van der Waals surface area contributed by atoms with Crippen LogP contribution in [0.2, 0.25) is 5.15 Å². The smallest absolute Gasteiger partial charge is 0.252 e. The third kappa shape index (κ3) is 4.40. The van der Waals surface area contributed by atoms with E-state index in [9.17, 15) is 9.00 Å². The maximum absolute atomic E-state index is 11.4. The van der Waals surface area contributed by atoms with Crippen LogP contribution in [0.25, 0.3) is 0 Å². The molecule has 82 valence electrons. The molecule has 1 heterocycles. The zero-order chi connectivity index (χ0) is 11.3. The van der Waals surface area contributed by atoms with Gasteiger partial charge in [-0.3, -0.25) is 9.00 Å². The van der Waals surface area contributed by atoms with E-state index >= 15 is 0 Å². The molecule has 1 amide bonds. The number of pyridine rings is 1. The minimum absolute atomic E-state index is 0.232. The summed E-state index contributed by atoms with van der Waals surface area (Å²) in [6, 6.07) is 3.14. The Bertz CT molecular complexity index is 367. The molecule has 0 aliphatic heterocycles. The van der Waals surface area contributed by atoms with E-state index in [0.717, 1.165) is 0 Å². The van der Waals surface area contributed by atoms with Crippen LogP contribution in [0.5, 0.6) is 0 Å². The van der Waals surface area contributed by atoms with Crippen molar-refractivity contribution in [1.82, 2.24) is 10.3 Å². The van der Waals surface area contributed by atoms with E-state index in [1.165, 1.54) is 6.20 Å². The van der Waals surface area contributed by atoms with Crippen molar-refractivity contribution in [1.29, 1.82) is 0 Å². The van der Waals surface area contributed by atoms with Crippen molar-refractivity contribution >= 4 is 28.3 Å². The molecule has 0 bridgehead atoms. The first kappa shape index (κ1) is 12.1. The molecule has 15 heavy (non-hydrogen) atoms. The van der Waals surface area contributed by atoms with E-state index in [4.69, 9.17) is 11.6 Å². The standard InChI is InChI=1S/C9H11ClN2O2S/c1-15(14)5-4-11-9(13)7-2-3-8(10)12-6-7/h2-3,6H,4-5H2,1H3,(H,11,13). The van der Waals surface area contributed by atoms with Gasteiger partial charge in [0.05, 0.1) is 5.56 Å². The number of aromatic nitrogens is 1. The third-order valence-electron chi connectivity index (χ3n) is 1.66. The summed E-state index contributed by atoms with van der Waals surface area (Å²) in [7, 11) is -0.894. The maximum atomic E-state index is 11.4. The number of carbonyl (C=O) groups is 1. The Labute approximate surface area is 95.5 Å². The van der Waals surface area contributed by atoms with Gasteiger partial charge in [-0.15, -0.1) is 0 Å². The van der Waals surface area contributed by atoms with Gasteiger partial charge in [0.25, 0.3) is 5.91 Å². The van der Waals surface area contributed by atoms with Crippen LogP contribution in [-0.2, 0) is 10.8 Å². The van der Waals surface area contributed by atoms with Crippen molar-refractivity contribution in [3.63, 3.8) is 0 Å². The second-order valence-electron chi connectivity index (χ2n) is 2.90. The summed E-state index contributed by atoms with van der Waals surface area (Å²) < 4.78 is 10.7. The van der Waals surface area contributed by atoms with Crippen LogP contribution in [0.3, 0.4) is 0 Å². The lowest BCUT2D eigenvalue weighted by Gasteiger charge is -2.03. The molecule has 0 spiro atoms. The first-order valence-corrected chi connectivity index (χ1v) is 6.40. The molecular weight excluding hydrogens is 236 g/mol. The Morgan fingerprint density at radius 2 is 2.33 bits per heavy atom. The van der Waals surface area contributed by atoms with Crippen LogP contribution < -0.4 is 5.32 Å². The summed E-state index contributed by atoms with van der Waals surface area (Å²) in [5.41, 5.74) is 0.446. The Morgan fingerprint density at radius 1 is 1.60 bits per heavy atom. The highest BCUT2D eigenvalue weighted by atomic mass is 35.5. The number of carbonyl (C=O) groups excluding carboxylic acids is 1. The summed E-state index contributed by atoms with van der Waals surface area (Å²) in [6.45, 7) is 0.393. The fraction of sp³-hybridized carbons (Fsp3) is 0.333. The normalized spacial score (nSPS) is 12.1. The van der Waals surface area contributed by atoms with Crippen LogP contribution in [0.1, 0.15) is 10.4 Å². The van der Waals surface area contributed by atoms with Gasteiger partial charge in [0, 0.05) is 35.5 Å². The largest absolute Gasteiger partial charge is 0.351 e. The van der Waals surface area contributed by atoms with Gasteiger partial charge in [-0.25, -0.2) is 4.98 Å². The van der Waals surface area contributed by atoms with Gasteiger partial charge in [-0.2, -0.15) is 0 Å². The van der Waals surface area contributed by atoms with Gasteiger partial charge < -0.3 is 5.32 Å². The summed E-state index contributed by atoms with van der Waals surface area (Å²) in [6.07, 6.45) is 3.00. The summed E-state index contributed by atoms with van der Waals surface area (Å²) >= 11 is 5.58. The number of hydrogen-bond donors (Lipinski definition) is 1. The Morgan fingerprint density at radius 3 is 2.87 bits per heavy atom. The molecular formula is C9H11ClN2O2S. The van der Waals surface area contributed by atoms with E-state index < -0.39 is 10.8 Å². The fourth-order valence-electron chi connectivity index (χ4n) is 0.920. The molecule has 0 saturated carbocycles. The van der Waals surface area contributed by atoms with Gasteiger partial charge in [0.2, 0.25) is 0 Å². The number of hydrogen-bond acceptors (Lipinski definition) is 3. The van der Waals surface area contributed by atoms with Gasteiger partial charge in [0.1, 0.15) is 5.15 Å². The maximum Gasteiger partial charge on any atom is 0.252 e. The van der Waals surface area contributed by atoms with E-state index in [-0.39, 0.29) is 5.91 Å².